The Morgan fingerprint density at radius 2 is 1.75 bits per heavy atom. The minimum Gasteiger partial charge on any atom is -0.356 e. The van der Waals surface area contributed by atoms with Crippen molar-refractivity contribution in [2.75, 3.05) is 19.6 Å². The highest BCUT2D eigenvalue weighted by Gasteiger charge is 2.33. The van der Waals surface area contributed by atoms with Crippen LogP contribution in [0.3, 0.4) is 0 Å². The third kappa shape index (κ3) is 5.81. The molecule has 2 rings (SSSR count). The number of nitrogens with zero attached hydrogens (tertiary/aromatic N) is 1. The number of hydrogen-bond donors (Lipinski definition) is 2. The Morgan fingerprint density at radius 3 is 2.32 bits per heavy atom. The van der Waals surface area contributed by atoms with Crippen LogP contribution in [0.1, 0.15) is 56.8 Å². The van der Waals surface area contributed by atoms with Crippen molar-refractivity contribution in [3.05, 3.63) is 35.9 Å². The summed E-state index contributed by atoms with van der Waals surface area (Å²) in [5, 5.41) is 5.87. The maximum Gasteiger partial charge on any atom is 0.251 e. The fourth-order valence-electron chi connectivity index (χ4n) is 3.45. The zero-order chi connectivity index (χ0) is 20.5. The summed E-state index contributed by atoms with van der Waals surface area (Å²) in [6, 6.07) is 8.41. The highest BCUT2D eigenvalue weighted by atomic mass is 16.2. The predicted molar refractivity (Wildman–Crippen MR) is 110 cm³/mol. The summed E-state index contributed by atoms with van der Waals surface area (Å²) < 4.78 is 0. The second kappa shape index (κ2) is 10.8. The maximum atomic E-state index is 13.1. The van der Waals surface area contributed by atoms with Gasteiger partial charge in [-0.1, -0.05) is 45.4 Å². The van der Waals surface area contributed by atoms with E-state index >= 15 is 0 Å². The summed E-state index contributed by atoms with van der Waals surface area (Å²) in [7, 11) is 0. The van der Waals surface area contributed by atoms with E-state index in [0.717, 1.165) is 12.8 Å². The standard InChI is InChI=1S/C22H33N3O3/c1-4-13-23-20(26)18-11-14-25(15-12-18)22(28)19(16(3)5-2)24-21(27)17-9-7-6-8-10-17/h6-10,16,18-19H,4-5,11-15H2,1-3H3,(H,23,26)(H,24,27). The van der Waals surface area contributed by atoms with Gasteiger partial charge in [-0.15, -0.1) is 0 Å². The van der Waals surface area contributed by atoms with Gasteiger partial charge in [-0.25, -0.2) is 0 Å². The number of likely N-dealkylation sites (tertiary alicyclic amines) is 1. The molecule has 0 radical (unpaired) electrons. The van der Waals surface area contributed by atoms with Crippen LogP contribution in [-0.2, 0) is 9.59 Å². The third-order valence-corrected chi connectivity index (χ3v) is 5.53. The van der Waals surface area contributed by atoms with Crippen molar-refractivity contribution in [3.8, 4) is 0 Å². The summed E-state index contributed by atoms with van der Waals surface area (Å²) in [5.74, 6) is -0.189. The van der Waals surface area contributed by atoms with Crippen molar-refractivity contribution < 1.29 is 14.4 Å². The lowest BCUT2D eigenvalue weighted by Gasteiger charge is -2.35. The van der Waals surface area contributed by atoms with E-state index in [4.69, 9.17) is 0 Å². The average Bonchev–Trinajstić information content (AvgIpc) is 2.75. The van der Waals surface area contributed by atoms with Crippen molar-refractivity contribution in [3.63, 3.8) is 0 Å². The molecule has 2 unspecified atom stereocenters. The van der Waals surface area contributed by atoms with Crippen LogP contribution in [0.15, 0.2) is 30.3 Å². The first-order valence-corrected chi connectivity index (χ1v) is 10.4. The van der Waals surface area contributed by atoms with Crippen LogP contribution in [0.5, 0.6) is 0 Å². The summed E-state index contributed by atoms with van der Waals surface area (Å²) in [6.45, 7) is 7.83. The summed E-state index contributed by atoms with van der Waals surface area (Å²) >= 11 is 0. The molecule has 28 heavy (non-hydrogen) atoms. The molecule has 6 heteroatoms. The monoisotopic (exact) mass is 387 g/mol. The first-order chi connectivity index (χ1) is 13.5. The zero-order valence-electron chi connectivity index (χ0n) is 17.2. The fraction of sp³-hybridized carbons (Fsp3) is 0.591. The minimum absolute atomic E-state index is 0.0310. The van der Waals surface area contributed by atoms with Gasteiger partial charge in [0.2, 0.25) is 11.8 Å². The third-order valence-electron chi connectivity index (χ3n) is 5.53. The van der Waals surface area contributed by atoms with Gasteiger partial charge in [0.05, 0.1) is 0 Å². The topological polar surface area (TPSA) is 78.5 Å². The Kier molecular flexibility index (Phi) is 8.48. The lowest BCUT2D eigenvalue weighted by Crippen LogP contribution is -2.54. The van der Waals surface area contributed by atoms with Crippen LogP contribution in [0, 0.1) is 11.8 Å². The summed E-state index contributed by atoms with van der Waals surface area (Å²) in [5.41, 5.74) is 0.551. The lowest BCUT2D eigenvalue weighted by atomic mass is 9.93. The molecule has 1 fully saturated rings. The van der Waals surface area contributed by atoms with Gasteiger partial charge in [0.25, 0.3) is 5.91 Å². The van der Waals surface area contributed by atoms with E-state index in [1.165, 1.54) is 0 Å². The molecule has 1 saturated heterocycles. The van der Waals surface area contributed by atoms with Gasteiger partial charge in [0.1, 0.15) is 6.04 Å². The number of amides is 3. The van der Waals surface area contributed by atoms with Crippen molar-refractivity contribution >= 4 is 17.7 Å². The molecule has 1 aromatic carbocycles. The molecular weight excluding hydrogens is 354 g/mol. The second-order valence-electron chi connectivity index (χ2n) is 7.59. The molecule has 2 N–H and O–H groups in total. The molecule has 0 bridgehead atoms. The van der Waals surface area contributed by atoms with Gasteiger partial charge in [0, 0.05) is 31.1 Å². The van der Waals surface area contributed by atoms with E-state index in [0.29, 0.717) is 38.0 Å². The molecule has 0 aromatic heterocycles. The number of carbonyl (C=O) groups is 3. The van der Waals surface area contributed by atoms with Gasteiger partial charge in [-0.05, 0) is 37.3 Å². The van der Waals surface area contributed by atoms with Crippen LogP contribution in [0.4, 0.5) is 0 Å². The van der Waals surface area contributed by atoms with Gasteiger partial charge < -0.3 is 15.5 Å². The van der Waals surface area contributed by atoms with Gasteiger partial charge >= 0.3 is 0 Å². The van der Waals surface area contributed by atoms with Gasteiger partial charge in [-0.3, -0.25) is 14.4 Å². The smallest absolute Gasteiger partial charge is 0.251 e. The Morgan fingerprint density at radius 1 is 1.11 bits per heavy atom. The normalized spacial score (nSPS) is 16.9. The fourth-order valence-corrected chi connectivity index (χ4v) is 3.45. The Labute approximate surface area is 168 Å². The average molecular weight is 388 g/mol. The highest BCUT2D eigenvalue weighted by molar-refractivity contribution is 5.97. The largest absolute Gasteiger partial charge is 0.356 e. The number of carbonyl (C=O) groups excluding carboxylic acids is 3. The van der Waals surface area contributed by atoms with E-state index in [2.05, 4.69) is 10.6 Å². The molecule has 1 heterocycles. The summed E-state index contributed by atoms with van der Waals surface area (Å²) in [6.07, 6.45) is 3.05. The predicted octanol–water partition coefficient (Wildman–Crippen LogP) is 2.60. The maximum absolute atomic E-state index is 13.1. The van der Waals surface area contributed by atoms with Crippen LogP contribution < -0.4 is 10.6 Å². The van der Waals surface area contributed by atoms with Crippen molar-refractivity contribution in [1.29, 1.82) is 0 Å². The number of rotatable bonds is 8. The Balaban J connectivity index is 1.98. The molecule has 1 aliphatic rings. The number of benzene rings is 1. The van der Waals surface area contributed by atoms with Crippen LogP contribution >= 0.6 is 0 Å². The molecule has 1 aliphatic heterocycles. The highest BCUT2D eigenvalue weighted by Crippen LogP contribution is 2.20. The van der Waals surface area contributed by atoms with Crippen LogP contribution in [0.25, 0.3) is 0 Å². The first-order valence-electron chi connectivity index (χ1n) is 10.4. The second-order valence-corrected chi connectivity index (χ2v) is 7.59. The Hall–Kier alpha value is -2.37. The van der Waals surface area contributed by atoms with Crippen molar-refractivity contribution in [2.45, 2.75) is 52.5 Å². The Bertz CT molecular complexity index is 654. The van der Waals surface area contributed by atoms with Crippen LogP contribution in [0.2, 0.25) is 0 Å². The van der Waals surface area contributed by atoms with E-state index in [1.54, 1.807) is 17.0 Å². The van der Waals surface area contributed by atoms with Gasteiger partial charge in [0.15, 0.2) is 0 Å². The first kappa shape index (κ1) is 21.9. The molecule has 154 valence electrons. The number of nitrogens with one attached hydrogen (secondary N) is 2. The molecule has 0 saturated carbocycles. The van der Waals surface area contributed by atoms with Crippen LogP contribution in [-0.4, -0.2) is 48.3 Å². The minimum atomic E-state index is -0.553. The molecule has 3 amide bonds. The lowest BCUT2D eigenvalue weighted by molar-refractivity contribution is -0.138. The van der Waals surface area contributed by atoms with E-state index in [-0.39, 0.29) is 29.6 Å². The van der Waals surface area contributed by atoms with E-state index in [9.17, 15) is 14.4 Å². The number of piperidine rings is 1. The van der Waals surface area contributed by atoms with Crippen molar-refractivity contribution in [1.82, 2.24) is 15.5 Å². The SMILES string of the molecule is CCCNC(=O)C1CCN(C(=O)C(NC(=O)c2ccccc2)C(C)CC)CC1. The molecular formula is C22H33N3O3. The van der Waals surface area contributed by atoms with Crippen molar-refractivity contribution in [2.24, 2.45) is 11.8 Å². The molecule has 2 atom stereocenters. The summed E-state index contributed by atoms with van der Waals surface area (Å²) in [4.78, 5) is 39.6. The molecule has 0 aliphatic carbocycles. The van der Waals surface area contributed by atoms with E-state index in [1.807, 2.05) is 39.0 Å². The molecule has 6 nitrogen and oxygen atoms in total. The van der Waals surface area contributed by atoms with Gasteiger partial charge in [-0.2, -0.15) is 0 Å². The molecule has 0 spiro atoms. The van der Waals surface area contributed by atoms with E-state index < -0.39 is 6.04 Å². The molecule has 1 aromatic rings. The number of hydrogen-bond acceptors (Lipinski definition) is 3. The zero-order valence-corrected chi connectivity index (χ0v) is 17.2. The quantitative estimate of drug-likeness (QED) is 0.720.